The summed E-state index contributed by atoms with van der Waals surface area (Å²) in [5.74, 6) is 0. The molecule has 110 valence electrons. The lowest BCUT2D eigenvalue weighted by molar-refractivity contribution is -0.136. The van der Waals surface area contributed by atoms with E-state index < -0.39 is 11.7 Å². The average Bonchev–Trinajstić information content (AvgIpc) is 2.38. The molecule has 0 saturated heterocycles. The van der Waals surface area contributed by atoms with E-state index in [0.29, 0.717) is 25.4 Å². The van der Waals surface area contributed by atoms with Crippen LogP contribution in [0.25, 0.3) is 0 Å². The molecule has 0 heterocycles. The molecule has 0 radical (unpaired) electrons. The minimum absolute atomic E-state index is 0.218. The highest BCUT2D eigenvalue weighted by Gasteiger charge is 2.33. The molecule has 1 aromatic carbocycles. The second-order valence-corrected chi connectivity index (χ2v) is 4.16. The van der Waals surface area contributed by atoms with Crippen molar-refractivity contribution < 1.29 is 17.9 Å². The van der Waals surface area contributed by atoms with Gasteiger partial charge in [-0.15, -0.1) is 0 Å². The van der Waals surface area contributed by atoms with Gasteiger partial charge in [-0.1, -0.05) is 0 Å². The Morgan fingerprint density at radius 2 is 2.05 bits per heavy atom. The Morgan fingerprint density at radius 3 is 2.60 bits per heavy atom. The molecule has 0 aliphatic rings. The zero-order valence-electron chi connectivity index (χ0n) is 11.1. The molecule has 0 aromatic heterocycles. The van der Waals surface area contributed by atoms with Gasteiger partial charge in [0.15, 0.2) is 0 Å². The fourth-order valence-electron chi connectivity index (χ4n) is 1.74. The Bertz CT molecular complexity index is 483. The first-order valence-electron chi connectivity index (χ1n) is 5.97. The quantitative estimate of drug-likeness (QED) is 0.817. The summed E-state index contributed by atoms with van der Waals surface area (Å²) in [6.45, 7) is 1.09. The highest BCUT2D eigenvalue weighted by Crippen LogP contribution is 2.35. The SMILES string of the molecule is COCCN(CCC#N)c1ccc(N)c(C(F)(F)F)c1. The molecule has 7 heteroatoms. The van der Waals surface area contributed by atoms with Crippen molar-refractivity contribution in [2.45, 2.75) is 12.6 Å². The van der Waals surface area contributed by atoms with Crippen molar-refractivity contribution in [3.05, 3.63) is 23.8 Å². The molecule has 1 aromatic rings. The standard InChI is InChI=1S/C13H16F3N3O/c1-20-8-7-19(6-2-5-17)10-3-4-12(18)11(9-10)13(14,15)16/h3-4,9H,2,6-8,18H2,1H3. The minimum atomic E-state index is -4.50. The number of halogens is 3. The maximum Gasteiger partial charge on any atom is 0.418 e. The number of nitrogen functional groups attached to an aromatic ring is 1. The van der Waals surface area contributed by atoms with Gasteiger partial charge in [-0.25, -0.2) is 0 Å². The molecule has 0 aliphatic carbocycles. The predicted molar refractivity (Wildman–Crippen MR) is 70.2 cm³/mol. The summed E-state index contributed by atoms with van der Waals surface area (Å²) in [7, 11) is 1.51. The van der Waals surface area contributed by atoms with E-state index in [9.17, 15) is 13.2 Å². The van der Waals surface area contributed by atoms with Gasteiger partial charge in [-0.2, -0.15) is 18.4 Å². The van der Waals surface area contributed by atoms with Gasteiger partial charge in [-0.3, -0.25) is 0 Å². The lowest BCUT2D eigenvalue weighted by Gasteiger charge is -2.24. The second kappa shape index (κ2) is 7.01. The van der Waals surface area contributed by atoms with Gasteiger partial charge >= 0.3 is 6.18 Å². The fraction of sp³-hybridized carbons (Fsp3) is 0.462. The first-order chi connectivity index (χ1) is 9.40. The van der Waals surface area contributed by atoms with E-state index in [1.807, 2.05) is 6.07 Å². The molecule has 0 bridgehead atoms. The van der Waals surface area contributed by atoms with Gasteiger partial charge in [0.1, 0.15) is 0 Å². The van der Waals surface area contributed by atoms with E-state index in [2.05, 4.69) is 0 Å². The lowest BCUT2D eigenvalue weighted by Crippen LogP contribution is -2.28. The van der Waals surface area contributed by atoms with E-state index in [1.54, 1.807) is 4.90 Å². The molecule has 0 amide bonds. The van der Waals surface area contributed by atoms with Gasteiger partial charge in [-0.05, 0) is 18.2 Å². The summed E-state index contributed by atoms with van der Waals surface area (Å²) in [4.78, 5) is 1.67. The number of methoxy groups -OCH3 is 1. The molecular weight excluding hydrogens is 271 g/mol. The van der Waals surface area contributed by atoms with Crippen molar-refractivity contribution in [2.24, 2.45) is 0 Å². The van der Waals surface area contributed by atoms with Crippen molar-refractivity contribution in [2.75, 3.05) is 37.4 Å². The molecule has 1 rings (SSSR count). The third-order valence-electron chi connectivity index (χ3n) is 2.77. The zero-order valence-corrected chi connectivity index (χ0v) is 11.1. The number of rotatable bonds is 6. The lowest BCUT2D eigenvalue weighted by atomic mass is 10.1. The number of alkyl halides is 3. The van der Waals surface area contributed by atoms with Crippen LogP contribution in [0.1, 0.15) is 12.0 Å². The number of hydrogen-bond donors (Lipinski definition) is 1. The third kappa shape index (κ3) is 4.31. The Labute approximate surface area is 115 Å². The van der Waals surface area contributed by atoms with Gasteiger partial charge in [0, 0.05) is 31.6 Å². The predicted octanol–water partition coefficient (Wildman–Crippen LogP) is 2.65. The Balaban J connectivity index is 3.04. The van der Waals surface area contributed by atoms with Crippen LogP contribution >= 0.6 is 0 Å². The average molecular weight is 287 g/mol. The zero-order chi connectivity index (χ0) is 15.2. The van der Waals surface area contributed by atoms with E-state index in [0.717, 1.165) is 6.07 Å². The number of nitrogens with two attached hydrogens (primary N) is 1. The van der Waals surface area contributed by atoms with E-state index >= 15 is 0 Å². The molecule has 0 atom stereocenters. The largest absolute Gasteiger partial charge is 0.418 e. The molecule has 4 nitrogen and oxygen atoms in total. The monoisotopic (exact) mass is 287 g/mol. The van der Waals surface area contributed by atoms with Crippen LogP contribution in [0.4, 0.5) is 24.5 Å². The molecule has 0 fully saturated rings. The summed E-state index contributed by atoms with van der Waals surface area (Å²) in [6.07, 6.45) is -4.28. The molecule has 0 spiro atoms. The van der Waals surface area contributed by atoms with Crippen molar-refractivity contribution in [3.8, 4) is 6.07 Å². The number of nitrogens with zero attached hydrogens (tertiary/aromatic N) is 2. The van der Waals surface area contributed by atoms with E-state index in [4.69, 9.17) is 15.7 Å². The number of hydrogen-bond acceptors (Lipinski definition) is 4. The fourth-order valence-corrected chi connectivity index (χ4v) is 1.74. The van der Waals surface area contributed by atoms with Gasteiger partial charge < -0.3 is 15.4 Å². The van der Waals surface area contributed by atoms with E-state index in [-0.39, 0.29) is 12.1 Å². The van der Waals surface area contributed by atoms with Crippen LogP contribution in [0, 0.1) is 11.3 Å². The molecular formula is C13H16F3N3O. The maximum absolute atomic E-state index is 12.8. The second-order valence-electron chi connectivity index (χ2n) is 4.16. The Kier molecular flexibility index (Phi) is 5.65. The summed E-state index contributed by atoms with van der Waals surface area (Å²) in [5.41, 5.74) is 4.56. The van der Waals surface area contributed by atoms with Crippen LogP contribution in [-0.2, 0) is 10.9 Å². The summed E-state index contributed by atoms with van der Waals surface area (Å²) in [5, 5.41) is 8.61. The normalized spacial score (nSPS) is 11.2. The third-order valence-corrected chi connectivity index (χ3v) is 2.77. The first kappa shape index (κ1) is 16.1. The molecule has 2 N–H and O–H groups in total. The Hall–Kier alpha value is -1.94. The topological polar surface area (TPSA) is 62.3 Å². The molecule has 0 aliphatic heterocycles. The number of ether oxygens (including phenoxy) is 1. The van der Waals surface area contributed by atoms with Crippen LogP contribution in [0.15, 0.2) is 18.2 Å². The van der Waals surface area contributed by atoms with Crippen molar-refractivity contribution in [1.82, 2.24) is 0 Å². The number of nitriles is 1. The van der Waals surface area contributed by atoms with Gasteiger partial charge in [0.2, 0.25) is 0 Å². The molecule has 20 heavy (non-hydrogen) atoms. The summed E-state index contributed by atoms with van der Waals surface area (Å²) in [6, 6.07) is 5.71. The highest BCUT2D eigenvalue weighted by molar-refractivity contribution is 5.59. The van der Waals surface area contributed by atoms with Gasteiger partial charge in [0.05, 0.1) is 24.7 Å². The van der Waals surface area contributed by atoms with Gasteiger partial charge in [0.25, 0.3) is 0 Å². The van der Waals surface area contributed by atoms with Crippen molar-refractivity contribution in [3.63, 3.8) is 0 Å². The van der Waals surface area contributed by atoms with Crippen LogP contribution in [-0.4, -0.2) is 26.8 Å². The summed E-state index contributed by atoms with van der Waals surface area (Å²) >= 11 is 0. The van der Waals surface area contributed by atoms with Crippen LogP contribution in [0.5, 0.6) is 0 Å². The highest BCUT2D eigenvalue weighted by atomic mass is 19.4. The van der Waals surface area contributed by atoms with Crippen LogP contribution in [0.2, 0.25) is 0 Å². The first-order valence-corrected chi connectivity index (χ1v) is 5.97. The minimum Gasteiger partial charge on any atom is -0.398 e. The molecule has 0 saturated carbocycles. The van der Waals surface area contributed by atoms with Crippen LogP contribution in [0.3, 0.4) is 0 Å². The summed E-state index contributed by atoms with van der Waals surface area (Å²) < 4.78 is 43.4. The van der Waals surface area contributed by atoms with Crippen molar-refractivity contribution in [1.29, 1.82) is 5.26 Å². The van der Waals surface area contributed by atoms with Crippen LogP contribution < -0.4 is 10.6 Å². The Morgan fingerprint density at radius 1 is 1.35 bits per heavy atom. The smallest absolute Gasteiger partial charge is 0.398 e. The van der Waals surface area contributed by atoms with E-state index in [1.165, 1.54) is 19.2 Å². The van der Waals surface area contributed by atoms with Crippen molar-refractivity contribution >= 4 is 11.4 Å². The number of anilines is 2. The number of benzene rings is 1. The maximum atomic E-state index is 12.8. The molecule has 0 unspecified atom stereocenters.